The van der Waals surface area contributed by atoms with Gasteiger partial charge in [0.25, 0.3) is 0 Å². The van der Waals surface area contributed by atoms with Crippen LogP contribution in [0, 0.1) is 46.8 Å². The maximum Gasteiger partial charge on any atom is 0.194 e. The molecule has 0 saturated heterocycles. The molecule has 0 spiro atoms. The minimum Gasteiger partial charge on any atom is -0.204 e. The van der Waals surface area contributed by atoms with Gasteiger partial charge in [-0.1, -0.05) is 51.2 Å². The molecule has 2 aliphatic carbocycles. The van der Waals surface area contributed by atoms with Crippen molar-refractivity contribution in [3.63, 3.8) is 0 Å². The number of halogens is 5. The van der Waals surface area contributed by atoms with Crippen LogP contribution < -0.4 is 0 Å². The van der Waals surface area contributed by atoms with E-state index in [-0.39, 0.29) is 17.0 Å². The molecule has 0 aliphatic heterocycles. The predicted molar refractivity (Wildman–Crippen MR) is 121 cm³/mol. The van der Waals surface area contributed by atoms with Gasteiger partial charge in [-0.15, -0.1) is 0 Å². The van der Waals surface area contributed by atoms with Crippen LogP contribution >= 0.6 is 0 Å². The van der Waals surface area contributed by atoms with Crippen LogP contribution in [0.5, 0.6) is 0 Å². The average Bonchev–Trinajstić information content (AvgIpc) is 2.83. The highest BCUT2D eigenvalue weighted by Gasteiger charge is 2.32. The molecule has 0 nitrogen and oxygen atoms in total. The summed E-state index contributed by atoms with van der Waals surface area (Å²) in [5, 5.41) is 0. The minimum absolute atomic E-state index is 0.0487. The molecule has 0 aromatic heterocycles. The second kappa shape index (κ2) is 10.6. The normalized spacial score (nSPS) is 25.9. The van der Waals surface area contributed by atoms with Crippen molar-refractivity contribution in [3.8, 4) is 11.1 Å². The number of hydrogen-bond donors (Lipinski definition) is 0. The standard InChI is InChI=1S/C28H33F5/c1-2-3-4-17-5-7-18(8-6-17)19-9-11-20(12-10-19)22-13-14-23(27(32)26(22)31)21-15-24(29)28(33)25(30)16-21/h13-20H,2-12H2,1H3. The maximum atomic E-state index is 15.0. The van der Waals surface area contributed by atoms with E-state index in [1.54, 1.807) is 0 Å². The van der Waals surface area contributed by atoms with Gasteiger partial charge in [-0.2, -0.15) is 0 Å². The summed E-state index contributed by atoms with van der Waals surface area (Å²) >= 11 is 0. The zero-order valence-corrected chi connectivity index (χ0v) is 19.3. The molecule has 0 N–H and O–H groups in total. The molecule has 0 heterocycles. The molecule has 33 heavy (non-hydrogen) atoms. The van der Waals surface area contributed by atoms with Gasteiger partial charge in [0.05, 0.1) is 0 Å². The molecule has 0 amide bonds. The summed E-state index contributed by atoms with van der Waals surface area (Å²) in [6.07, 6.45) is 12.9. The SMILES string of the molecule is CCCCC1CCC(C2CCC(c3ccc(-c4cc(F)c(F)c(F)c4)c(F)c3F)CC2)CC1. The highest BCUT2D eigenvalue weighted by atomic mass is 19.2. The van der Waals surface area contributed by atoms with Crippen molar-refractivity contribution in [2.75, 3.05) is 0 Å². The number of hydrogen-bond acceptors (Lipinski definition) is 0. The molecular weight excluding hydrogens is 431 g/mol. The summed E-state index contributed by atoms with van der Waals surface area (Å²) in [5.41, 5.74) is -0.142. The lowest BCUT2D eigenvalue weighted by molar-refractivity contribution is 0.155. The zero-order chi connectivity index (χ0) is 23.5. The number of unbranched alkanes of at least 4 members (excludes halogenated alkanes) is 1. The van der Waals surface area contributed by atoms with Gasteiger partial charge in [0.2, 0.25) is 0 Å². The van der Waals surface area contributed by atoms with Crippen molar-refractivity contribution < 1.29 is 22.0 Å². The zero-order valence-electron chi connectivity index (χ0n) is 19.3. The Kier molecular flexibility index (Phi) is 7.76. The van der Waals surface area contributed by atoms with Gasteiger partial charge >= 0.3 is 0 Å². The third-order valence-electron chi connectivity index (χ3n) is 8.14. The monoisotopic (exact) mass is 464 g/mol. The van der Waals surface area contributed by atoms with E-state index >= 15 is 0 Å². The first-order valence-corrected chi connectivity index (χ1v) is 12.5. The highest BCUT2D eigenvalue weighted by Crippen LogP contribution is 2.45. The second-order valence-corrected chi connectivity index (χ2v) is 10.1. The summed E-state index contributed by atoms with van der Waals surface area (Å²) in [7, 11) is 0. The smallest absolute Gasteiger partial charge is 0.194 e. The Balaban J connectivity index is 1.40. The molecule has 2 fully saturated rings. The fraction of sp³-hybridized carbons (Fsp3) is 0.571. The molecule has 0 radical (unpaired) electrons. The van der Waals surface area contributed by atoms with Crippen molar-refractivity contribution >= 4 is 0 Å². The molecule has 2 aromatic carbocycles. The largest absolute Gasteiger partial charge is 0.204 e. The Morgan fingerprint density at radius 3 is 1.85 bits per heavy atom. The third-order valence-corrected chi connectivity index (χ3v) is 8.14. The second-order valence-electron chi connectivity index (χ2n) is 10.1. The predicted octanol–water partition coefficient (Wildman–Crippen LogP) is 9.32. The van der Waals surface area contributed by atoms with E-state index in [1.165, 1.54) is 57.1 Å². The lowest BCUT2D eigenvalue weighted by Crippen LogP contribution is -2.25. The van der Waals surface area contributed by atoms with Crippen LogP contribution in [0.25, 0.3) is 11.1 Å². The van der Waals surface area contributed by atoms with E-state index in [0.717, 1.165) is 37.5 Å². The van der Waals surface area contributed by atoms with E-state index in [0.29, 0.717) is 23.6 Å². The Labute approximate surface area is 193 Å². The lowest BCUT2D eigenvalue weighted by atomic mass is 9.68. The molecule has 0 atom stereocenters. The molecule has 180 valence electrons. The fourth-order valence-electron chi connectivity index (χ4n) is 6.16. The lowest BCUT2D eigenvalue weighted by Gasteiger charge is -2.38. The van der Waals surface area contributed by atoms with Crippen molar-refractivity contribution in [2.45, 2.75) is 83.5 Å². The van der Waals surface area contributed by atoms with Crippen molar-refractivity contribution in [1.29, 1.82) is 0 Å². The molecule has 0 unspecified atom stereocenters. The van der Waals surface area contributed by atoms with E-state index in [2.05, 4.69) is 6.92 Å². The van der Waals surface area contributed by atoms with Crippen LogP contribution in [0.2, 0.25) is 0 Å². The van der Waals surface area contributed by atoms with Gasteiger partial charge in [0, 0.05) is 5.56 Å². The van der Waals surface area contributed by atoms with Gasteiger partial charge < -0.3 is 0 Å². The molecule has 0 bridgehead atoms. The first-order chi connectivity index (χ1) is 15.9. The van der Waals surface area contributed by atoms with Crippen molar-refractivity contribution in [1.82, 2.24) is 0 Å². The van der Waals surface area contributed by atoms with E-state index in [1.807, 2.05) is 0 Å². The van der Waals surface area contributed by atoms with E-state index < -0.39 is 29.1 Å². The van der Waals surface area contributed by atoms with Gasteiger partial charge in [-0.05, 0) is 85.5 Å². The van der Waals surface area contributed by atoms with Crippen LogP contribution in [0.15, 0.2) is 24.3 Å². The molecule has 2 aromatic rings. The Hall–Kier alpha value is -1.91. The molecule has 4 rings (SSSR count). The minimum atomic E-state index is -1.62. The number of rotatable bonds is 6. The van der Waals surface area contributed by atoms with Gasteiger partial charge in [0.15, 0.2) is 29.1 Å². The quantitative estimate of drug-likeness (QED) is 0.295. The maximum absolute atomic E-state index is 15.0. The van der Waals surface area contributed by atoms with Crippen LogP contribution in [0.1, 0.15) is 89.0 Å². The summed E-state index contributed by atoms with van der Waals surface area (Å²) in [6, 6.07) is 4.26. The van der Waals surface area contributed by atoms with Crippen molar-refractivity contribution in [3.05, 3.63) is 58.9 Å². The topological polar surface area (TPSA) is 0 Å². The average molecular weight is 465 g/mol. The highest BCUT2D eigenvalue weighted by molar-refractivity contribution is 5.65. The molecule has 2 aliphatic rings. The van der Waals surface area contributed by atoms with E-state index in [4.69, 9.17) is 0 Å². The first kappa shape index (κ1) is 24.2. The number of benzene rings is 2. The van der Waals surface area contributed by atoms with Crippen LogP contribution in [0.3, 0.4) is 0 Å². The summed E-state index contributed by atoms with van der Waals surface area (Å²) in [4.78, 5) is 0. The molecule has 2 saturated carbocycles. The molecular formula is C28H33F5. The summed E-state index contributed by atoms with van der Waals surface area (Å²) in [5.74, 6) is -4.30. The Morgan fingerprint density at radius 2 is 1.27 bits per heavy atom. The first-order valence-electron chi connectivity index (χ1n) is 12.5. The Bertz CT molecular complexity index is 930. The molecule has 5 heteroatoms. The van der Waals surface area contributed by atoms with Gasteiger partial charge in [-0.3, -0.25) is 0 Å². The Morgan fingerprint density at radius 1 is 0.697 bits per heavy atom. The summed E-state index contributed by atoms with van der Waals surface area (Å²) < 4.78 is 70.2. The van der Waals surface area contributed by atoms with Gasteiger partial charge in [-0.25, -0.2) is 22.0 Å². The van der Waals surface area contributed by atoms with E-state index in [9.17, 15) is 22.0 Å². The van der Waals surface area contributed by atoms with Crippen molar-refractivity contribution in [2.24, 2.45) is 17.8 Å². The fourth-order valence-corrected chi connectivity index (χ4v) is 6.16. The third kappa shape index (κ3) is 5.27. The summed E-state index contributed by atoms with van der Waals surface area (Å²) in [6.45, 7) is 2.24. The van der Waals surface area contributed by atoms with Crippen LogP contribution in [-0.4, -0.2) is 0 Å². The van der Waals surface area contributed by atoms with Gasteiger partial charge in [0.1, 0.15) is 0 Å². The van der Waals surface area contributed by atoms with Crippen LogP contribution in [0.4, 0.5) is 22.0 Å². The van der Waals surface area contributed by atoms with Crippen LogP contribution in [-0.2, 0) is 0 Å².